The third kappa shape index (κ3) is 3.05. The van der Waals surface area contributed by atoms with E-state index in [-0.39, 0.29) is 18.5 Å². The van der Waals surface area contributed by atoms with E-state index in [1.807, 2.05) is 0 Å². The molecule has 2 aromatic rings. The molecular weight excluding hydrogens is 269 g/mol. The van der Waals surface area contributed by atoms with Gasteiger partial charge in [-0.2, -0.15) is 4.98 Å². The number of nitrogens with zero attached hydrogens (tertiary/aromatic N) is 2. The van der Waals surface area contributed by atoms with Crippen LogP contribution >= 0.6 is 11.8 Å². The Kier molecular flexibility index (Phi) is 3.65. The van der Waals surface area contributed by atoms with E-state index in [2.05, 4.69) is 15.5 Å². The molecule has 0 bridgehead atoms. The Balaban J connectivity index is 1.61. The Labute approximate surface area is 113 Å². The molecule has 0 amide bonds. The zero-order chi connectivity index (χ0) is 13.1. The van der Waals surface area contributed by atoms with Crippen LogP contribution in [0.25, 0.3) is 0 Å². The molecule has 0 aliphatic carbocycles. The smallest absolute Gasteiger partial charge is 0.244 e. The zero-order valence-corrected chi connectivity index (χ0v) is 10.8. The van der Waals surface area contributed by atoms with E-state index in [0.29, 0.717) is 17.5 Å². The molecule has 1 aliphatic rings. The fourth-order valence-electron chi connectivity index (χ4n) is 1.73. The number of ether oxygens (including phenoxy) is 1. The van der Waals surface area contributed by atoms with Crippen LogP contribution in [0.5, 0.6) is 5.75 Å². The summed E-state index contributed by atoms with van der Waals surface area (Å²) >= 11 is 1.79. The van der Waals surface area contributed by atoms with Crippen molar-refractivity contribution in [1.29, 1.82) is 0 Å². The van der Waals surface area contributed by atoms with Crippen LogP contribution in [0, 0.1) is 5.82 Å². The molecule has 1 fully saturated rings. The standard InChI is InChI=1S/C12H12FN3O2S/c13-8-2-1-3-9(4-8)17-5-11-15-12(18-16-11)10-6-19-7-14-10/h1-4,10,14H,5-7H2/t10-/m1/s1. The van der Waals surface area contributed by atoms with E-state index in [0.717, 1.165) is 11.6 Å². The van der Waals surface area contributed by atoms with Crippen molar-refractivity contribution >= 4 is 11.8 Å². The molecule has 0 spiro atoms. The summed E-state index contributed by atoms with van der Waals surface area (Å²) in [5.41, 5.74) is 0. The highest BCUT2D eigenvalue weighted by molar-refractivity contribution is 7.99. The molecule has 3 rings (SSSR count). The maximum atomic E-state index is 13.0. The lowest BCUT2D eigenvalue weighted by atomic mass is 10.3. The van der Waals surface area contributed by atoms with Crippen LogP contribution in [0.15, 0.2) is 28.8 Å². The maximum absolute atomic E-state index is 13.0. The highest BCUT2D eigenvalue weighted by atomic mass is 32.2. The predicted octanol–water partition coefficient (Wildman–Crippen LogP) is 2.12. The van der Waals surface area contributed by atoms with Gasteiger partial charge in [0, 0.05) is 17.7 Å². The molecule has 1 aromatic heterocycles. The van der Waals surface area contributed by atoms with Gasteiger partial charge in [-0.05, 0) is 12.1 Å². The Morgan fingerprint density at radius 1 is 1.53 bits per heavy atom. The van der Waals surface area contributed by atoms with E-state index in [1.165, 1.54) is 12.1 Å². The van der Waals surface area contributed by atoms with Crippen molar-refractivity contribution < 1.29 is 13.7 Å². The van der Waals surface area contributed by atoms with Crippen molar-refractivity contribution in [2.75, 3.05) is 11.6 Å². The highest BCUT2D eigenvalue weighted by Gasteiger charge is 2.22. The second kappa shape index (κ2) is 5.58. The minimum absolute atomic E-state index is 0.111. The lowest BCUT2D eigenvalue weighted by Crippen LogP contribution is -2.14. The van der Waals surface area contributed by atoms with Crippen molar-refractivity contribution in [3.63, 3.8) is 0 Å². The van der Waals surface area contributed by atoms with E-state index >= 15 is 0 Å². The molecule has 1 N–H and O–H groups in total. The summed E-state index contributed by atoms with van der Waals surface area (Å²) in [6, 6.07) is 6.06. The lowest BCUT2D eigenvalue weighted by Gasteiger charge is -2.02. The van der Waals surface area contributed by atoms with Gasteiger partial charge in [-0.1, -0.05) is 11.2 Å². The lowest BCUT2D eigenvalue weighted by molar-refractivity contribution is 0.282. The number of rotatable bonds is 4. The minimum Gasteiger partial charge on any atom is -0.485 e. The number of halogens is 1. The summed E-state index contributed by atoms with van der Waals surface area (Å²) in [6.07, 6.45) is 0. The molecule has 1 aromatic carbocycles. The Hall–Kier alpha value is -1.60. The molecule has 1 aliphatic heterocycles. The van der Waals surface area contributed by atoms with E-state index in [9.17, 15) is 4.39 Å². The summed E-state index contributed by atoms with van der Waals surface area (Å²) in [7, 11) is 0. The van der Waals surface area contributed by atoms with Crippen molar-refractivity contribution in [2.45, 2.75) is 12.6 Å². The summed E-state index contributed by atoms with van der Waals surface area (Å²) in [4.78, 5) is 4.26. The SMILES string of the molecule is Fc1cccc(OCc2noc([C@H]3CSCN3)n2)c1. The topological polar surface area (TPSA) is 60.2 Å². The minimum atomic E-state index is -0.335. The molecule has 100 valence electrons. The number of benzene rings is 1. The largest absolute Gasteiger partial charge is 0.485 e. The molecule has 0 radical (unpaired) electrons. The highest BCUT2D eigenvalue weighted by Crippen LogP contribution is 2.22. The van der Waals surface area contributed by atoms with Gasteiger partial charge in [-0.3, -0.25) is 5.32 Å². The normalized spacial score (nSPS) is 18.7. The summed E-state index contributed by atoms with van der Waals surface area (Å²) in [5.74, 6) is 2.95. The van der Waals surface area contributed by atoms with Crippen LogP contribution in [-0.2, 0) is 6.61 Å². The van der Waals surface area contributed by atoms with Crippen LogP contribution in [0.2, 0.25) is 0 Å². The Bertz CT molecular complexity index is 557. The van der Waals surface area contributed by atoms with Crippen molar-refractivity contribution in [3.8, 4) is 5.75 Å². The Morgan fingerprint density at radius 3 is 3.26 bits per heavy atom. The molecule has 1 saturated heterocycles. The third-order valence-electron chi connectivity index (χ3n) is 2.66. The first-order valence-corrected chi connectivity index (χ1v) is 6.99. The molecule has 5 nitrogen and oxygen atoms in total. The van der Waals surface area contributed by atoms with Crippen molar-refractivity contribution in [2.24, 2.45) is 0 Å². The quantitative estimate of drug-likeness (QED) is 0.926. The van der Waals surface area contributed by atoms with Gasteiger partial charge in [-0.25, -0.2) is 4.39 Å². The summed E-state index contributed by atoms with van der Waals surface area (Å²) < 4.78 is 23.5. The Morgan fingerprint density at radius 2 is 2.47 bits per heavy atom. The average molecular weight is 281 g/mol. The van der Waals surface area contributed by atoms with Gasteiger partial charge in [0.25, 0.3) is 0 Å². The maximum Gasteiger partial charge on any atom is 0.244 e. The molecule has 19 heavy (non-hydrogen) atoms. The average Bonchev–Trinajstić information content (AvgIpc) is 3.07. The predicted molar refractivity (Wildman–Crippen MR) is 68.2 cm³/mol. The van der Waals surface area contributed by atoms with Gasteiger partial charge in [0.1, 0.15) is 11.6 Å². The molecule has 1 atom stereocenters. The van der Waals surface area contributed by atoms with Crippen LogP contribution in [0.4, 0.5) is 4.39 Å². The van der Waals surface area contributed by atoms with Gasteiger partial charge < -0.3 is 9.26 Å². The second-order valence-corrected chi connectivity index (χ2v) is 5.10. The van der Waals surface area contributed by atoms with Crippen LogP contribution in [-0.4, -0.2) is 21.8 Å². The zero-order valence-electron chi connectivity index (χ0n) is 10.0. The first kappa shape index (κ1) is 12.4. The molecule has 0 unspecified atom stereocenters. The number of hydrogen-bond acceptors (Lipinski definition) is 6. The van der Waals surface area contributed by atoms with Gasteiger partial charge in [0.2, 0.25) is 11.7 Å². The van der Waals surface area contributed by atoms with Gasteiger partial charge >= 0.3 is 0 Å². The van der Waals surface area contributed by atoms with Gasteiger partial charge in [-0.15, -0.1) is 11.8 Å². The third-order valence-corrected chi connectivity index (χ3v) is 3.60. The number of hydrogen-bond donors (Lipinski definition) is 1. The fourth-order valence-corrected chi connectivity index (χ4v) is 2.66. The van der Waals surface area contributed by atoms with Gasteiger partial charge in [0.05, 0.1) is 6.04 Å². The van der Waals surface area contributed by atoms with Gasteiger partial charge in [0.15, 0.2) is 6.61 Å². The van der Waals surface area contributed by atoms with Crippen molar-refractivity contribution in [1.82, 2.24) is 15.5 Å². The van der Waals surface area contributed by atoms with Crippen molar-refractivity contribution in [3.05, 3.63) is 41.8 Å². The molecular formula is C12H12FN3O2S. The van der Waals surface area contributed by atoms with E-state index in [1.54, 1.807) is 23.9 Å². The van der Waals surface area contributed by atoms with Crippen LogP contribution < -0.4 is 10.1 Å². The monoisotopic (exact) mass is 281 g/mol. The van der Waals surface area contributed by atoms with E-state index in [4.69, 9.17) is 9.26 Å². The summed E-state index contributed by atoms with van der Waals surface area (Å²) in [5, 5.41) is 7.09. The molecule has 7 heteroatoms. The van der Waals surface area contributed by atoms with Crippen LogP contribution in [0.3, 0.4) is 0 Å². The molecule has 2 heterocycles. The molecule has 0 saturated carbocycles. The second-order valence-electron chi connectivity index (χ2n) is 4.07. The van der Waals surface area contributed by atoms with E-state index < -0.39 is 0 Å². The number of nitrogens with one attached hydrogen (secondary N) is 1. The summed E-state index contributed by atoms with van der Waals surface area (Å²) in [6.45, 7) is 0.160. The number of thioether (sulfide) groups is 1. The number of aromatic nitrogens is 2. The first-order chi connectivity index (χ1) is 9.31. The van der Waals surface area contributed by atoms with Crippen LogP contribution in [0.1, 0.15) is 17.8 Å². The first-order valence-electron chi connectivity index (χ1n) is 5.83. The fraction of sp³-hybridized carbons (Fsp3) is 0.333.